The smallest absolute Gasteiger partial charge is 0.264 e. The van der Waals surface area contributed by atoms with Gasteiger partial charge >= 0.3 is 0 Å². The highest BCUT2D eigenvalue weighted by Gasteiger charge is 2.31. The van der Waals surface area contributed by atoms with Crippen LogP contribution in [0.2, 0.25) is 0 Å². The Kier molecular flexibility index (Phi) is 4.47. The second-order valence-electron chi connectivity index (χ2n) is 8.53. The Labute approximate surface area is 200 Å². The first kappa shape index (κ1) is 20.7. The minimum atomic E-state index is -0.518. The molecule has 0 saturated heterocycles. The van der Waals surface area contributed by atoms with E-state index in [0.29, 0.717) is 34.4 Å². The van der Waals surface area contributed by atoms with Gasteiger partial charge in [-0.15, -0.1) is 11.5 Å². The number of terminal acetylenes is 1. The summed E-state index contributed by atoms with van der Waals surface area (Å²) in [7, 11) is 0. The molecule has 170 valence electrons. The van der Waals surface area contributed by atoms with Crippen molar-refractivity contribution in [2.24, 2.45) is 0 Å². The minimum absolute atomic E-state index is 0.0839. The molecule has 0 aliphatic heterocycles. The van der Waals surface area contributed by atoms with Crippen molar-refractivity contribution in [3.05, 3.63) is 99.2 Å². The maximum atomic E-state index is 13.9. The number of anilines is 1. The van der Waals surface area contributed by atoms with Crippen molar-refractivity contribution in [2.45, 2.75) is 19.4 Å². The zero-order valence-corrected chi connectivity index (χ0v) is 18.8. The first-order chi connectivity index (χ1) is 17.0. The summed E-state index contributed by atoms with van der Waals surface area (Å²) in [4.78, 5) is 31.5. The minimum Gasteiger partial charge on any atom is -0.381 e. The van der Waals surface area contributed by atoms with E-state index in [9.17, 15) is 9.59 Å². The van der Waals surface area contributed by atoms with Gasteiger partial charge in [-0.2, -0.15) is 0 Å². The average molecular weight is 460 g/mol. The van der Waals surface area contributed by atoms with Gasteiger partial charge in [0.1, 0.15) is 5.56 Å². The molecule has 3 aromatic heterocycles. The van der Waals surface area contributed by atoms with E-state index in [-0.39, 0.29) is 16.9 Å². The van der Waals surface area contributed by atoms with Gasteiger partial charge in [-0.1, -0.05) is 30.2 Å². The van der Waals surface area contributed by atoms with Crippen molar-refractivity contribution in [1.29, 1.82) is 0 Å². The number of benzene rings is 2. The average Bonchev–Trinajstić information content (AvgIpc) is 3.19. The molecule has 1 aliphatic carbocycles. The van der Waals surface area contributed by atoms with Crippen LogP contribution in [0, 0.1) is 12.3 Å². The molecule has 8 nitrogen and oxygen atoms in total. The maximum absolute atomic E-state index is 13.9. The standard InChI is InChI=1S/C27H20N6O2/c1-3-16-10-11-17-14-19-20(17)21(16)27(35)33(18-8-5-4-6-9-18)23(19)15(2)30-26(34)22-24(28)31-32-13-7-12-29-25(22)32/h1,4-13,15H,14H2,2H3,(H2,28,31)(H,30,34)/t15-/m1/s1. The van der Waals surface area contributed by atoms with E-state index in [0.717, 1.165) is 16.5 Å². The molecule has 0 radical (unpaired) electrons. The summed E-state index contributed by atoms with van der Waals surface area (Å²) in [6, 6.07) is 14.3. The predicted octanol–water partition coefficient (Wildman–Crippen LogP) is 2.99. The Morgan fingerprint density at radius 2 is 1.97 bits per heavy atom. The second-order valence-corrected chi connectivity index (χ2v) is 8.53. The molecule has 0 fully saturated rings. The van der Waals surface area contributed by atoms with Gasteiger partial charge in [0.15, 0.2) is 11.5 Å². The van der Waals surface area contributed by atoms with Gasteiger partial charge in [-0.3, -0.25) is 14.2 Å². The van der Waals surface area contributed by atoms with Crippen molar-refractivity contribution < 1.29 is 4.79 Å². The molecule has 5 aromatic rings. The van der Waals surface area contributed by atoms with Gasteiger partial charge in [0.25, 0.3) is 11.5 Å². The molecule has 6 rings (SSSR count). The highest BCUT2D eigenvalue weighted by atomic mass is 16.2. The molecule has 35 heavy (non-hydrogen) atoms. The summed E-state index contributed by atoms with van der Waals surface area (Å²) in [5, 5.41) is 8.61. The number of hydrogen-bond donors (Lipinski definition) is 2. The molecule has 3 N–H and O–H groups in total. The van der Waals surface area contributed by atoms with Crippen molar-refractivity contribution >= 4 is 28.1 Å². The van der Waals surface area contributed by atoms with Crippen LogP contribution in [0.5, 0.6) is 0 Å². The van der Waals surface area contributed by atoms with Crippen molar-refractivity contribution in [1.82, 2.24) is 24.5 Å². The molecule has 2 aromatic carbocycles. The molecule has 0 spiro atoms. The van der Waals surface area contributed by atoms with Crippen LogP contribution in [0.3, 0.4) is 0 Å². The van der Waals surface area contributed by atoms with Gasteiger partial charge in [0.2, 0.25) is 0 Å². The van der Waals surface area contributed by atoms with E-state index >= 15 is 0 Å². The maximum Gasteiger partial charge on any atom is 0.264 e. The number of para-hydroxylation sites is 1. The summed E-state index contributed by atoms with van der Waals surface area (Å²) in [6.07, 6.45) is 9.67. The SMILES string of the molecule is C#Cc1ccc2c3c(c([C@@H](C)NC(=O)c4c(N)nn5cccnc45)n(-c4ccccc4)c(=O)c13)C2. The molecular weight excluding hydrogens is 440 g/mol. The van der Waals surface area contributed by atoms with Crippen LogP contribution in [-0.4, -0.2) is 25.1 Å². The third kappa shape index (κ3) is 2.95. The molecule has 1 amide bonds. The molecular formula is C27H20N6O2. The first-order valence-electron chi connectivity index (χ1n) is 11.1. The van der Waals surface area contributed by atoms with E-state index in [1.54, 1.807) is 23.0 Å². The van der Waals surface area contributed by atoms with Crippen LogP contribution >= 0.6 is 0 Å². The third-order valence-corrected chi connectivity index (χ3v) is 6.50. The number of amides is 1. The summed E-state index contributed by atoms with van der Waals surface area (Å²) in [5.41, 5.74) is 10.4. The second kappa shape index (κ2) is 7.57. The lowest BCUT2D eigenvalue weighted by atomic mass is 9.81. The number of carbonyl (C=O) groups excluding carboxylic acids is 1. The van der Waals surface area contributed by atoms with E-state index in [4.69, 9.17) is 12.2 Å². The lowest BCUT2D eigenvalue weighted by molar-refractivity contribution is 0.0941. The van der Waals surface area contributed by atoms with Crippen LogP contribution < -0.4 is 16.6 Å². The number of pyridine rings is 1. The molecule has 0 unspecified atom stereocenters. The van der Waals surface area contributed by atoms with Crippen LogP contribution in [0.25, 0.3) is 22.1 Å². The van der Waals surface area contributed by atoms with Crippen molar-refractivity contribution in [3.8, 4) is 18.0 Å². The monoisotopic (exact) mass is 460 g/mol. The zero-order valence-electron chi connectivity index (χ0n) is 18.8. The predicted molar refractivity (Wildman–Crippen MR) is 134 cm³/mol. The number of fused-ring (bicyclic) bond motifs is 1. The van der Waals surface area contributed by atoms with Crippen molar-refractivity contribution in [2.75, 3.05) is 5.73 Å². The number of nitrogens with zero attached hydrogens (tertiary/aromatic N) is 4. The molecule has 3 heterocycles. The molecule has 8 heteroatoms. The van der Waals surface area contributed by atoms with Crippen LogP contribution in [0.4, 0.5) is 5.82 Å². The quantitative estimate of drug-likeness (QED) is 0.393. The Bertz CT molecular complexity index is 1780. The first-order valence-corrected chi connectivity index (χ1v) is 11.1. The van der Waals surface area contributed by atoms with Gasteiger partial charge in [-0.05, 0) is 47.7 Å². The zero-order chi connectivity index (χ0) is 24.3. The number of rotatable bonds is 4. The Morgan fingerprint density at radius 1 is 1.17 bits per heavy atom. The van der Waals surface area contributed by atoms with Gasteiger partial charge in [0, 0.05) is 30.1 Å². The number of nitrogens with two attached hydrogens (primary N) is 1. The van der Waals surface area contributed by atoms with Crippen LogP contribution in [0.15, 0.2) is 65.7 Å². The highest BCUT2D eigenvalue weighted by molar-refractivity contribution is 6.04. The van der Waals surface area contributed by atoms with Crippen LogP contribution in [0.1, 0.15) is 45.7 Å². The van der Waals surface area contributed by atoms with E-state index in [1.165, 1.54) is 4.52 Å². The van der Waals surface area contributed by atoms with Gasteiger partial charge < -0.3 is 11.1 Å². The number of hydrogen-bond acceptors (Lipinski definition) is 5. The lowest BCUT2D eigenvalue weighted by Gasteiger charge is -2.30. The normalized spacial score (nSPS) is 12.8. The number of nitrogen functional groups attached to an aromatic ring is 1. The van der Waals surface area contributed by atoms with Gasteiger partial charge in [0.05, 0.1) is 17.1 Å². The van der Waals surface area contributed by atoms with Gasteiger partial charge in [-0.25, -0.2) is 9.50 Å². The van der Waals surface area contributed by atoms with Crippen molar-refractivity contribution in [3.63, 3.8) is 0 Å². The molecule has 1 atom stereocenters. The fourth-order valence-electron chi connectivity index (χ4n) is 4.97. The summed E-state index contributed by atoms with van der Waals surface area (Å²) >= 11 is 0. The summed E-state index contributed by atoms with van der Waals surface area (Å²) in [5.74, 6) is 2.32. The molecule has 0 saturated carbocycles. The third-order valence-electron chi connectivity index (χ3n) is 6.50. The number of aromatic nitrogens is 4. The number of nitrogens with one attached hydrogen (secondary N) is 1. The fraction of sp³-hybridized carbons (Fsp3) is 0.111. The molecule has 1 aliphatic rings. The Balaban J connectivity index is 1.54. The number of carbonyl (C=O) groups is 1. The topological polar surface area (TPSA) is 107 Å². The van der Waals surface area contributed by atoms with E-state index in [1.807, 2.05) is 49.4 Å². The highest BCUT2D eigenvalue weighted by Crippen LogP contribution is 2.39. The fourth-order valence-corrected chi connectivity index (χ4v) is 4.97. The van der Waals surface area contributed by atoms with E-state index in [2.05, 4.69) is 21.3 Å². The Hall–Kier alpha value is -4.90. The Morgan fingerprint density at radius 3 is 2.74 bits per heavy atom. The largest absolute Gasteiger partial charge is 0.381 e. The van der Waals surface area contributed by atoms with Crippen LogP contribution in [-0.2, 0) is 6.42 Å². The lowest BCUT2D eigenvalue weighted by Crippen LogP contribution is -2.35. The molecule has 0 bridgehead atoms. The van der Waals surface area contributed by atoms with E-state index < -0.39 is 11.9 Å². The summed E-state index contributed by atoms with van der Waals surface area (Å²) < 4.78 is 3.12. The summed E-state index contributed by atoms with van der Waals surface area (Å²) in [6.45, 7) is 1.85.